The summed E-state index contributed by atoms with van der Waals surface area (Å²) in [5.41, 5.74) is 11.3. The van der Waals surface area contributed by atoms with Gasteiger partial charge in [-0.1, -0.05) is 18.6 Å². The quantitative estimate of drug-likeness (QED) is 0.498. The van der Waals surface area contributed by atoms with Crippen molar-refractivity contribution in [1.29, 1.82) is 0 Å². The summed E-state index contributed by atoms with van der Waals surface area (Å²) in [5, 5.41) is 1.10. The van der Waals surface area contributed by atoms with Crippen LogP contribution in [0.2, 0.25) is 0 Å². The van der Waals surface area contributed by atoms with Crippen LogP contribution in [0.25, 0.3) is 10.9 Å². The maximum atomic E-state index is 12.5. The standard InChI is InChI=1S/C20H27N3O2/c1-4-13-6-5-7-15(20(24)25-3)19-17(12-23(2)11-13)16-10-14(21)8-9-18(16)22-19/h6,8-10,15,22H,4-5,7,11-12,21H2,1-3H3/b13-6-. The summed E-state index contributed by atoms with van der Waals surface area (Å²) in [5.74, 6) is -0.468. The highest BCUT2D eigenvalue weighted by atomic mass is 16.5. The van der Waals surface area contributed by atoms with E-state index in [1.54, 1.807) is 0 Å². The number of hydrogen-bond acceptors (Lipinski definition) is 4. The fraction of sp³-hybridized carbons (Fsp3) is 0.450. The van der Waals surface area contributed by atoms with Gasteiger partial charge in [-0.3, -0.25) is 9.69 Å². The van der Waals surface area contributed by atoms with E-state index in [9.17, 15) is 4.79 Å². The molecule has 0 amide bonds. The van der Waals surface area contributed by atoms with Crippen LogP contribution in [0.15, 0.2) is 29.8 Å². The Morgan fingerprint density at radius 1 is 1.40 bits per heavy atom. The first kappa shape index (κ1) is 17.5. The number of anilines is 1. The number of carbonyl (C=O) groups excluding carboxylic acids is 1. The van der Waals surface area contributed by atoms with E-state index in [1.165, 1.54) is 12.7 Å². The number of fused-ring (bicyclic) bond motifs is 3. The Morgan fingerprint density at radius 2 is 2.20 bits per heavy atom. The monoisotopic (exact) mass is 341 g/mol. The number of benzene rings is 1. The number of esters is 1. The number of nitrogen functional groups attached to an aromatic ring is 1. The van der Waals surface area contributed by atoms with Gasteiger partial charge in [0.1, 0.15) is 0 Å². The molecule has 0 fully saturated rings. The Morgan fingerprint density at radius 3 is 2.92 bits per heavy atom. The SMILES string of the molecule is CC/C1=C/CCC(C(=O)OC)c2[nH]c3ccc(N)cc3c2CN(C)C1. The van der Waals surface area contributed by atoms with Gasteiger partial charge in [0.15, 0.2) is 0 Å². The topological polar surface area (TPSA) is 71.3 Å². The number of methoxy groups -OCH3 is 1. The zero-order valence-electron chi connectivity index (χ0n) is 15.3. The maximum Gasteiger partial charge on any atom is 0.314 e. The van der Waals surface area contributed by atoms with Gasteiger partial charge in [-0.25, -0.2) is 0 Å². The molecular weight excluding hydrogens is 314 g/mol. The molecule has 1 atom stereocenters. The Balaban J connectivity index is 2.14. The van der Waals surface area contributed by atoms with E-state index in [1.807, 2.05) is 18.2 Å². The zero-order chi connectivity index (χ0) is 18.0. The Kier molecular flexibility index (Phi) is 5.13. The van der Waals surface area contributed by atoms with Gasteiger partial charge in [0.2, 0.25) is 0 Å². The summed E-state index contributed by atoms with van der Waals surface area (Å²) in [6.07, 6.45) is 4.92. The molecule has 134 valence electrons. The number of rotatable bonds is 2. The van der Waals surface area contributed by atoms with Gasteiger partial charge in [0, 0.05) is 35.4 Å². The van der Waals surface area contributed by atoms with Crippen molar-refractivity contribution in [2.24, 2.45) is 0 Å². The number of nitrogens with one attached hydrogen (secondary N) is 1. The number of carbonyl (C=O) groups is 1. The fourth-order valence-electron chi connectivity index (χ4n) is 3.72. The first-order valence-corrected chi connectivity index (χ1v) is 8.87. The summed E-state index contributed by atoms with van der Waals surface area (Å²) >= 11 is 0. The van der Waals surface area contributed by atoms with Crippen LogP contribution in [0.1, 0.15) is 43.4 Å². The van der Waals surface area contributed by atoms with Crippen LogP contribution in [0.4, 0.5) is 5.69 Å². The first-order chi connectivity index (χ1) is 12.0. The van der Waals surface area contributed by atoms with E-state index >= 15 is 0 Å². The molecule has 2 heterocycles. The molecular formula is C20H27N3O2. The number of hydrogen-bond donors (Lipinski definition) is 2. The number of allylic oxidation sites excluding steroid dienone is 1. The highest BCUT2D eigenvalue weighted by molar-refractivity contribution is 5.90. The van der Waals surface area contributed by atoms with Crippen molar-refractivity contribution in [2.75, 3.05) is 26.4 Å². The third-order valence-corrected chi connectivity index (χ3v) is 5.04. The van der Waals surface area contributed by atoms with Crippen molar-refractivity contribution in [3.63, 3.8) is 0 Å². The molecule has 1 unspecified atom stereocenters. The van der Waals surface area contributed by atoms with Crippen LogP contribution in [-0.4, -0.2) is 36.6 Å². The van der Waals surface area contributed by atoms with Crippen molar-refractivity contribution in [3.05, 3.63) is 41.1 Å². The molecule has 1 aliphatic rings. The molecule has 1 aromatic heterocycles. The maximum absolute atomic E-state index is 12.5. The molecule has 1 aromatic carbocycles. The predicted octanol–water partition coefficient (Wildman–Crippen LogP) is 3.57. The number of nitrogens with zero attached hydrogens (tertiary/aromatic N) is 1. The summed E-state index contributed by atoms with van der Waals surface area (Å²) in [4.78, 5) is 18.2. The molecule has 0 radical (unpaired) electrons. The van der Waals surface area contributed by atoms with Crippen LogP contribution >= 0.6 is 0 Å². The van der Waals surface area contributed by atoms with Crippen LogP contribution in [0.5, 0.6) is 0 Å². The van der Waals surface area contributed by atoms with Crippen LogP contribution < -0.4 is 5.73 Å². The first-order valence-electron chi connectivity index (χ1n) is 8.87. The lowest BCUT2D eigenvalue weighted by atomic mass is 9.93. The number of nitrogens with two attached hydrogens (primary N) is 1. The second-order valence-electron chi connectivity index (χ2n) is 6.86. The van der Waals surface area contributed by atoms with E-state index in [0.29, 0.717) is 0 Å². The minimum absolute atomic E-state index is 0.185. The molecule has 0 aliphatic carbocycles. The lowest BCUT2D eigenvalue weighted by Gasteiger charge is -2.23. The minimum atomic E-state index is -0.283. The number of likely N-dealkylation sites (N-methyl/N-ethyl adjacent to an activating group) is 1. The summed E-state index contributed by atoms with van der Waals surface area (Å²) in [7, 11) is 3.58. The second-order valence-corrected chi connectivity index (χ2v) is 6.86. The smallest absolute Gasteiger partial charge is 0.314 e. The molecule has 5 heteroatoms. The Labute approximate surface area is 148 Å². The minimum Gasteiger partial charge on any atom is -0.469 e. The third-order valence-electron chi connectivity index (χ3n) is 5.04. The van der Waals surface area contributed by atoms with E-state index in [-0.39, 0.29) is 11.9 Å². The number of H-pyrrole nitrogens is 1. The fourth-order valence-corrected chi connectivity index (χ4v) is 3.72. The number of ether oxygens (including phenoxy) is 1. The van der Waals surface area contributed by atoms with E-state index in [4.69, 9.17) is 10.5 Å². The van der Waals surface area contributed by atoms with Crippen molar-refractivity contribution >= 4 is 22.6 Å². The Bertz CT molecular complexity index is 807. The third kappa shape index (κ3) is 3.56. The van der Waals surface area contributed by atoms with E-state index in [2.05, 4.69) is 29.9 Å². The van der Waals surface area contributed by atoms with Crippen molar-refractivity contribution < 1.29 is 9.53 Å². The van der Waals surface area contributed by atoms with Gasteiger partial charge in [-0.05, 0) is 50.1 Å². The summed E-state index contributed by atoms with van der Waals surface area (Å²) < 4.78 is 5.10. The number of aromatic nitrogens is 1. The Hall–Kier alpha value is -2.27. The normalized spacial score (nSPS) is 21.4. The molecule has 25 heavy (non-hydrogen) atoms. The highest BCUT2D eigenvalue weighted by Gasteiger charge is 2.28. The van der Waals surface area contributed by atoms with Crippen molar-refractivity contribution in [3.8, 4) is 0 Å². The molecule has 0 spiro atoms. The van der Waals surface area contributed by atoms with Crippen molar-refractivity contribution in [1.82, 2.24) is 9.88 Å². The lowest BCUT2D eigenvalue weighted by molar-refractivity contribution is -0.142. The van der Waals surface area contributed by atoms with E-state index < -0.39 is 0 Å². The average Bonchev–Trinajstić information content (AvgIpc) is 2.94. The molecule has 3 N–H and O–H groups in total. The molecule has 0 saturated carbocycles. The van der Waals surface area contributed by atoms with Crippen LogP contribution in [0.3, 0.4) is 0 Å². The molecule has 5 nitrogen and oxygen atoms in total. The highest BCUT2D eigenvalue weighted by Crippen LogP contribution is 2.34. The zero-order valence-corrected chi connectivity index (χ0v) is 15.3. The number of aromatic amines is 1. The molecule has 2 aromatic rings. The van der Waals surface area contributed by atoms with Gasteiger partial charge < -0.3 is 15.5 Å². The predicted molar refractivity (Wildman–Crippen MR) is 101 cm³/mol. The van der Waals surface area contributed by atoms with Gasteiger partial charge in [-0.15, -0.1) is 0 Å². The lowest BCUT2D eigenvalue weighted by Crippen LogP contribution is -2.24. The largest absolute Gasteiger partial charge is 0.469 e. The van der Waals surface area contributed by atoms with Gasteiger partial charge in [-0.2, -0.15) is 0 Å². The molecule has 0 bridgehead atoms. The average molecular weight is 341 g/mol. The molecule has 0 saturated heterocycles. The van der Waals surface area contributed by atoms with Gasteiger partial charge in [0.05, 0.1) is 13.0 Å². The van der Waals surface area contributed by atoms with Crippen molar-refractivity contribution in [2.45, 2.75) is 38.6 Å². The molecule has 3 rings (SSSR count). The summed E-state index contributed by atoms with van der Waals surface area (Å²) in [6, 6.07) is 5.87. The van der Waals surface area contributed by atoms with Gasteiger partial charge in [0.25, 0.3) is 0 Å². The summed E-state index contributed by atoms with van der Waals surface area (Å²) in [6.45, 7) is 3.89. The second kappa shape index (κ2) is 7.31. The van der Waals surface area contributed by atoms with Crippen LogP contribution in [-0.2, 0) is 16.1 Å². The van der Waals surface area contributed by atoms with E-state index in [0.717, 1.165) is 60.2 Å². The molecule has 1 aliphatic heterocycles. The van der Waals surface area contributed by atoms with Crippen LogP contribution in [0, 0.1) is 0 Å². The van der Waals surface area contributed by atoms with Gasteiger partial charge >= 0.3 is 5.97 Å².